The molecule has 2 N–H and O–H groups in total. The number of halogens is 2. The molecule has 16 heavy (non-hydrogen) atoms. The predicted octanol–water partition coefficient (Wildman–Crippen LogP) is 2.49. The Morgan fingerprint density at radius 2 is 2.25 bits per heavy atom. The highest BCUT2D eigenvalue weighted by molar-refractivity contribution is 6.31. The van der Waals surface area contributed by atoms with Crippen molar-refractivity contribution in [2.75, 3.05) is 6.54 Å². The monoisotopic (exact) mass is 241 g/mol. The van der Waals surface area contributed by atoms with Crippen LogP contribution in [0.2, 0.25) is 5.02 Å². The lowest BCUT2D eigenvalue weighted by molar-refractivity contribution is 0.597. The van der Waals surface area contributed by atoms with Gasteiger partial charge in [0.05, 0.1) is 16.2 Å². The van der Waals surface area contributed by atoms with Gasteiger partial charge in [-0.15, -0.1) is 0 Å². The molecule has 1 aromatic heterocycles. The van der Waals surface area contributed by atoms with E-state index in [1.807, 2.05) is 11.6 Å². The van der Waals surface area contributed by atoms with Gasteiger partial charge in [-0.3, -0.25) is 4.68 Å². The summed E-state index contributed by atoms with van der Waals surface area (Å²) in [5.41, 5.74) is 7.12. The van der Waals surface area contributed by atoms with Gasteiger partial charge in [-0.25, -0.2) is 4.39 Å². The maximum atomic E-state index is 13.3. The molecule has 0 aliphatic heterocycles. The first-order valence-electron chi connectivity index (χ1n) is 5.15. The van der Waals surface area contributed by atoms with Crippen molar-refractivity contribution in [3.8, 4) is 0 Å². The molecule has 0 saturated heterocycles. The van der Waals surface area contributed by atoms with Crippen LogP contribution in [0, 0.1) is 12.7 Å². The van der Waals surface area contributed by atoms with Gasteiger partial charge in [-0.2, -0.15) is 5.10 Å². The molecule has 3 nitrogen and oxygen atoms in total. The lowest BCUT2D eigenvalue weighted by Gasteiger charge is -2.02. The van der Waals surface area contributed by atoms with Gasteiger partial charge in [0, 0.05) is 11.9 Å². The van der Waals surface area contributed by atoms with Gasteiger partial charge in [0.25, 0.3) is 0 Å². The molecule has 0 fully saturated rings. The molecular formula is C11H13ClFN3. The maximum Gasteiger partial charge on any atom is 0.142 e. The summed E-state index contributed by atoms with van der Waals surface area (Å²) >= 11 is 5.76. The minimum atomic E-state index is -0.407. The molecule has 86 valence electrons. The van der Waals surface area contributed by atoms with Gasteiger partial charge >= 0.3 is 0 Å². The fraction of sp³-hybridized carbons (Fsp3) is 0.364. The Bertz CT molecular complexity index is 521. The van der Waals surface area contributed by atoms with Crippen molar-refractivity contribution in [2.24, 2.45) is 5.73 Å². The van der Waals surface area contributed by atoms with Crippen LogP contribution in [0.15, 0.2) is 12.1 Å². The van der Waals surface area contributed by atoms with Crippen LogP contribution >= 0.6 is 11.6 Å². The molecule has 2 aromatic rings. The van der Waals surface area contributed by atoms with Crippen molar-refractivity contribution in [2.45, 2.75) is 19.9 Å². The summed E-state index contributed by atoms with van der Waals surface area (Å²) in [7, 11) is 0. The SMILES string of the molecule is Cc1nn(CCCN)c2cc(Cl)c(F)cc12. The van der Waals surface area contributed by atoms with Crippen LogP contribution in [0.1, 0.15) is 12.1 Å². The van der Waals surface area contributed by atoms with Gasteiger partial charge in [-0.1, -0.05) is 11.6 Å². The zero-order chi connectivity index (χ0) is 11.7. The Morgan fingerprint density at radius 3 is 2.94 bits per heavy atom. The van der Waals surface area contributed by atoms with Crippen molar-refractivity contribution < 1.29 is 4.39 Å². The lowest BCUT2D eigenvalue weighted by Crippen LogP contribution is -2.06. The molecule has 0 aliphatic carbocycles. The number of aryl methyl sites for hydroxylation is 2. The van der Waals surface area contributed by atoms with Gasteiger partial charge in [-0.05, 0) is 32.0 Å². The van der Waals surface area contributed by atoms with E-state index in [9.17, 15) is 4.39 Å². The molecule has 0 radical (unpaired) electrons. The molecule has 0 atom stereocenters. The van der Waals surface area contributed by atoms with E-state index in [4.69, 9.17) is 17.3 Å². The highest BCUT2D eigenvalue weighted by atomic mass is 35.5. The predicted molar refractivity (Wildman–Crippen MR) is 63.1 cm³/mol. The molecular weight excluding hydrogens is 229 g/mol. The minimum Gasteiger partial charge on any atom is -0.330 e. The lowest BCUT2D eigenvalue weighted by atomic mass is 10.2. The van der Waals surface area contributed by atoms with E-state index in [-0.39, 0.29) is 5.02 Å². The van der Waals surface area contributed by atoms with E-state index < -0.39 is 5.82 Å². The average molecular weight is 242 g/mol. The topological polar surface area (TPSA) is 43.8 Å². The van der Waals surface area contributed by atoms with E-state index in [2.05, 4.69) is 5.10 Å². The Kier molecular flexibility index (Phi) is 3.12. The number of hydrogen-bond donors (Lipinski definition) is 1. The molecule has 0 aliphatic rings. The largest absolute Gasteiger partial charge is 0.330 e. The zero-order valence-electron chi connectivity index (χ0n) is 9.00. The van der Waals surface area contributed by atoms with Crippen molar-refractivity contribution in [1.29, 1.82) is 0 Å². The Labute approximate surface area is 98.0 Å². The van der Waals surface area contributed by atoms with Crippen molar-refractivity contribution in [3.05, 3.63) is 28.7 Å². The highest BCUT2D eigenvalue weighted by Crippen LogP contribution is 2.25. The number of nitrogens with two attached hydrogens (primary N) is 1. The van der Waals surface area contributed by atoms with Gasteiger partial charge in [0.2, 0.25) is 0 Å². The second kappa shape index (κ2) is 4.39. The Morgan fingerprint density at radius 1 is 1.50 bits per heavy atom. The molecule has 0 unspecified atom stereocenters. The Hall–Kier alpha value is -1.13. The van der Waals surface area contributed by atoms with E-state index in [0.29, 0.717) is 6.54 Å². The van der Waals surface area contributed by atoms with Crippen LogP contribution in [0.5, 0.6) is 0 Å². The molecule has 0 amide bonds. The number of nitrogens with zero attached hydrogens (tertiary/aromatic N) is 2. The van der Waals surface area contributed by atoms with Gasteiger partial charge in [0.1, 0.15) is 5.82 Å². The van der Waals surface area contributed by atoms with E-state index >= 15 is 0 Å². The number of hydrogen-bond acceptors (Lipinski definition) is 2. The normalized spacial score (nSPS) is 11.2. The van der Waals surface area contributed by atoms with E-state index in [1.165, 1.54) is 6.07 Å². The third kappa shape index (κ3) is 1.90. The summed E-state index contributed by atoms with van der Waals surface area (Å²) in [6.07, 6.45) is 0.839. The summed E-state index contributed by atoms with van der Waals surface area (Å²) in [6.45, 7) is 3.19. The van der Waals surface area contributed by atoms with Crippen molar-refractivity contribution >= 4 is 22.5 Å². The fourth-order valence-corrected chi connectivity index (χ4v) is 1.90. The summed E-state index contributed by atoms with van der Waals surface area (Å²) < 4.78 is 15.1. The standard InChI is InChI=1S/C11H13ClFN3/c1-7-8-5-10(13)9(12)6-11(8)16(15-7)4-2-3-14/h5-6H,2-4,14H2,1H3. The molecule has 1 heterocycles. The van der Waals surface area contributed by atoms with Gasteiger partial charge < -0.3 is 5.73 Å². The smallest absolute Gasteiger partial charge is 0.142 e. The van der Waals surface area contributed by atoms with Crippen LogP contribution in [-0.4, -0.2) is 16.3 Å². The Balaban J connectivity index is 2.55. The summed E-state index contributed by atoms with van der Waals surface area (Å²) in [5, 5.41) is 5.28. The average Bonchev–Trinajstić information content (AvgIpc) is 2.54. The summed E-state index contributed by atoms with van der Waals surface area (Å²) in [5.74, 6) is -0.407. The maximum absolute atomic E-state index is 13.3. The molecule has 0 bridgehead atoms. The third-order valence-corrected chi connectivity index (χ3v) is 2.84. The molecule has 0 saturated carbocycles. The minimum absolute atomic E-state index is 0.126. The second-order valence-electron chi connectivity index (χ2n) is 3.73. The third-order valence-electron chi connectivity index (χ3n) is 2.55. The molecule has 2 rings (SSSR count). The first-order chi connectivity index (χ1) is 7.63. The van der Waals surface area contributed by atoms with E-state index in [1.54, 1.807) is 6.07 Å². The van der Waals surface area contributed by atoms with E-state index in [0.717, 1.165) is 29.6 Å². The van der Waals surface area contributed by atoms with Gasteiger partial charge in [0.15, 0.2) is 0 Å². The van der Waals surface area contributed by atoms with Crippen LogP contribution in [0.4, 0.5) is 4.39 Å². The molecule has 5 heteroatoms. The van der Waals surface area contributed by atoms with Crippen molar-refractivity contribution in [3.63, 3.8) is 0 Å². The number of fused-ring (bicyclic) bond motifs is 1. The summed E-state index contributed by atoms with van der Waals surface area (Å²) in [4.78, 5) is 0. The number of rotatable bonds is 3. The highest BCUT2D eigenvalue weighted by Gasteiger charge is 2.10. The zero-order valence-corrected chi connectivity index (χ0v) is 9.76. The number of benzene rings is 1. The summed E-state index contributed by atoms with van der Waals surface area (Å²) in [6, 6.07) is 3.04. The second-order valence-corrected chi connectivity index (χ2v) is 4.14. The van der Waals surface area contributed by atoms with Crippen LogP contribution < -0.4 is 5.73 Å². The first-order valence-corrected chi connectivity index (χ1v) is 5.53. The number of aromatic nitrogens is 2. The van der Waals surface area contributed by atoms with Crippen LogP contribution in [0.3, 0.4) is 0 Å². The quantitative estimate of drug-likeness (QED) is 0.897. The molecule has 0 spiro atoms. The molecule has 1 aromatic carbocycles. The fourth-order valence-electron chi connectivity index (χ4n) is 1.74. The van der Waals surface area contributed by atoms with Crippen LogP contribution in [-0.2, 0) is 6.54 Å². The first kappa shape index (κ1) is 11.4. The van der Waals surface area contributed by atoms with Crippen molar-refractivity contribution in [1.82, 2.24) is 9.78 Å². The van der Waals surface area contributed by atoms with Crippen LogP contribution in [0.25, 0.3) is 10.9 Å².